The molecule has 3 aromatic carbocycles. The third kappa shape index (κ3) is 6.50. The Balaban J connectivity index is 1.31. The number of aliphatic hydroxyl groups is 1. The van der Waals surface area contributed by atoms with Crippen LogP contribution in [0.5, 0.6) is 17.2 Å². The van der Waals surface area contributed by atoms with Crippen LogP contribution >= 0.6 is 0 Å². The zero-order valence-electron chi connectivity index (χ0n) is 19.2. The summed E-state index contributed by atoms with van der Waals surface area (Å²) in [5.74, 6) is 1.95. The van der Waals surface area contributed by atoms with E-state index in [9.17, 15) is 9.90 Å². The Morgan fingerprint density at radius 3 is 2.68 bits per heavy atom. The van der Waals surface area contributed by atoms with Gasteiger partial charge >= 0.3 is 0 Å². The van der Waals surface area contributed by atoms with Crippen molar-refractivity contribution in [3.8, 4) is 17.2 Å². The maximum Gasteiger partial charge on any atom is 0.234 e. The molecular weight excluding hydrogens is 432 g/mol. The number of hydrogen-bond acceptors (Lipinski definition) is 6. The van der Waals surface area contributed by atoms with Crippen molar-refractivity contribution in [2.75, 3.05) is 33.4 Å². The number of hydrogen-bond donors (Lipinski definition) is 2. The lowest BCUT2D eigenvalue weighted by Gasteiger charge is -2.24. The Morgan fingerprint density at radius 1 is 1.09 bits per heavy atom. The Morgan fingerprint density at radius 2 is 1.85 bits per heavy atom. The molecule has 0 spiro atoms. The molecule has 4 rings (SSSR count). The van der Waals surface area contributed by atoms with Crippen molar-refractivity contribution in [3.63, 3.8) is 0 Å². The van der Waals surface area contributed by atoms with Crippen molar-refractivity contribution in [1.29, 1.82) is 0 Å². The highest BCUT2D eigenvalue weighted by Gasteiger charge is 2.25. The van der Waals surface area contributed by atoms with Crippen LogP contribution in [0.15, 0.2) is 78.9 Å². The normalized spacial score (nSPS) is 16.5. The molecule has 0 unspecified atom stereocenters. The number of benzene rings is 3. The zero-order valence-corrected chi connectivity index (χ0v) is 19.2. The minimum absolute atomic E-state index is 0.0639. The number of rotatable bonds is 9. The first-order valence-electron chi connectivity index (χ1n) is 11.3. The molecule has 1 aliphatic heterocycles. The molecule has 2 atom stereocenters. The van der Waals surface area contributed by atoms with Crippen LogP contribution in [0.2, 0.25) is 0 Å². The van der Waals surface area contributed by atoms with Crippen molar-refractivity contribution in [3.05, 3.63) is 90.0 Å². The van der Waals surface area contributed by atoms with Crippen LogP contribution in [0.25, 0.3) is 0 Å². The molecule has 3 aromatic rings. The summed E-state index contributed by atoms with van der Waals surface area (Å²) < 4.78 is 17.1. The van der Waals surface area contributed by atoms with Gasteiger partial charge in [-0.1, -0.05) is 54.6 Å². The molecule has 0 aromatic heterocycles. The van der Waals surface area contributed by atoms with Gasteiger partial charge in [-0.2, -0.15) is 0 Å². The van der Waals surface area contributed by atoms with E-state index in [0.717, 1.165) is 16.9 Å². The number of aliphatic hydroxyl groups excluding tert-OH is 1. The molecule has 0 fully saturated rings. The molecule has 0 saturated heterocycles. The molecule has 7 nitrogen and oxygen atoms in total. The molecular formula is C27H30N2O5. The molecule has 0 bridgehead atoms. The highest BCUT2D eigenvalue weighted by Crippen LogP contribution is 2.30. The summed E-state index contributed by atoms with van der Waals surface area (Å²) in [4.78, 5) is 14.7. The van der Waals surface area contributed by atoms with E-state index in [0.29, 0.717) is 24.6 Å². The third-order valence-corrected chi connectivity index (χ3v) is 5.62. The summed E-state index contributed by atoms with van der Waals surface area (Å²) in [6, 6.07) is 25.1. The summed E-state index contributed by atoms with van der Waals surface area (Å²) in [5.41, 5.74) is 2.11. The molecule has 34 heavy (non-hydrogen) atoms. The zero-order chi connectivity index (χ0) is 23.8. The largest absolute Gasteiger partial charge is 0.497 e. The first-order valence-corrected chi connectivity index (χ1v) is 11.3. The molecule has 1 amide bonds. The fourth-order valence-electron chi connectivity index (χ4n) is 3.87. The third-order valence-electron chi connectivity index (χ3n) is 5.62. The summed E-state index contributed by atoms with van der Waals surface area (Å²) in [6.07, 6.45) is -1.01. The maximum atomic E-state index is 12.7. The van der Waals surface area contributed by atoms with Gasteiger partial charge in [-0.05, 0) is 23.8 Å². The van der Waals surface area contributed by atoms with Gasteiger partial charge in [-0.3, -0.25) is 9.69 Å². The van der Waals surface area contributed by atoms with E-state index in [1.165, 1.54) is 0 Å². The molecule has 1 aliphatic rings. The highest BCUT2D eigenvalue weighted by molar-refractivity contribution is 5.78. The SMILES string of the molecule is COc1cccc(OC[C@@H](O)CNC(=O)CN2Cc3ccccc3O[C@H](c3ccccc3)C2)c1. The summed E-state index contributed by atoms with van der Waals surface area (Å²) in [5, 5.41) is 13.1. The lowest BCUT2D eigenvalue weighted by atomic mass is 10.1. The molecule has 0 radical (unpaired) electrons. The lowest BCUT2D eigenvalue weighted by Crippen LogP contribution is -2.42. The van der Waals surface area contributed by atoms with Crippen LogP contribution in [0, 0.1) is 0 Å². The summed E-state index contributed by atoms with van der Waals surface area (Å²) in [6.45, 7) is 1.55. The first-order chi connectivity index (χ1) is 16.6. The van der Waals surface area contributed by atoms with E-state index in [2.05, 4.69) is 10.2 Å². The Hall–Kier alpha value is -3.55. The Bertz CT molecular complexity index is 1080. The van der Waals surface area contributed by atoms with Gasteiger partial charge in [0, 0.05) is 31.3 Å². The van der Waals surface area contributed by atoms with Crippen molar-refractivity contribution in [2.45, 2.75) is 18.8 Å². The number of carbonyl (C=O) groups is 1. The van der Waals surface area contributed by atoms with Gasteiger partial charge in [0.1, 0.15) is 36.1 Å². The van der Waals surface area contributed by atoms with Gasteiger partial charge in [0.2, 0.25) is 5.91 Å². The minimum Gasteiger partial charge on any atom is -0.497 e. The first kappa shape index (κ1) is 23.6. The molecule has 178 valence electrons. The van der Waals surface area contributed by atoms with Crippen molar-refractivity contribution in [1.82, 2.24) is 10.2 Å². The number of fused-ring (bicyclic) bond motifs is 1. The maximum absolute atomic E-state index is 12.7. The van der Waals surface area contributed by atoms with Crippen LogP contribution in [-0.2, 0) is 11.3 Å². The predicted molar refractivity (Wildman–Crippen MR) is 129 cm³/mol. The Kier molecular flexibility index (Phi) is 8.01. The number of carbonyl (C=O) groups excluding carboxylic acids is 1. The number of nitrogens with zero attached hydrogens (tertiary/aromatic N) is 1. The van der Waals surface area contributed by atoms with E-state index < -0.39 is 6.10 Å². The molecule has 2 N–H and O–H groups in total. The van der Waals surface area contributed by atoms with Crippen molar-refractivity contribution >= 4 is 5.91 Å². The molecule has 0 aliphatic carbocycles. The lowest BCUT2D eigenvalue weighted by molar-refractivity contribution is -0.123. The van der Waals surface area contributed by atoms with Crippen LogP contribution in [0.1, 0.15) is 17.2 Å². The quantitative estimate of drug-likeness (QED) is 0.509. The van der Waals surface area contributed by atoms with E-state index in [1.807, 2.05) is 66.7 Å². The number of amides is 1. The number of ether oxygens (including phenoxy) is 3. The molecule has 7 heteroatoms. The molecule has 0 saturated carbocycles. The van der Waals surface area contributed by atoms with Gasteiger partial charge in [0.15, 0.2) is 0 Å². The van der Waals surface area contributed by atoms with E-state index in [-0.39, 0.29) is 31.7 Å². The van der Waals surface area contributed by atoms with Gasteiger partial charge in [-0.15, -0.1) is 0 Å². The van der Waals surface area contributed by atoms with Gasteiger partial charge in [0.25, 0.3) is 0 Å². The number of methoxy groups -OCH3 is 1. The van der Waals surface area contributed by atoms with E-state index in [1.54, 1.807) is 19.2 Å². The van der Waals surface area contributed by atoms with Crippen molar-refractivity contribution in [2.24, 2.45) is 0 Å². The number of nitrogens with one attached hydrogen (secondary N) is 1. The highest BCUT2D eigenvalue weighted by atomic mass is 16.5. The number of para-hydroxylation sites is 1. The topological polar surface area (TPSA) is 80.3 Å². The average Bonchev–Trinajstić information content (AvgIpc) is 3.06. The Labute approximate surface area is 199 Å². The van der Waals surface area contributed by atoms with Gasteiger partial charge < -0.3 is 24.6 Å². The van der Waals surface area contributed by atoms with Crippen LogP contribution < -0.4 is 19.5 Å². The predicted octanol–water partition coefficient (Wildman–Crippen LogP) is 3.19. The van der Waals surface area contributed by atoms with Crippen LogP contribution in [0.4, 0.5) is 0 Å². The monoisotopic (exact) mass is 462 g/mol. The smallest absolute Gasteiger partial charge is 0.234 e. The second kappa shape index (κ2) is 11.5. The standard InChI is InChI=1S/C27H30N2O5/c1-32-23-11-7-12-24(14-23)33-19-22(30)15-28-27(31)18-29-16-21-10-5-6-13-25(21)34-26(17-29)20-8-3-2-4-9-20/h2-14,22,26,30H,15-19H2,1H3,(H,28,31)/t22-,26-/m0/s1. The van der Waals surface area contributed by atoms with E-state index in [4.69, 9.17) is 14.2 Å². The second-order valence-electron chi connectivity index (χ2n) is 8.24. The van der Waals surface area contributed by atoms with Crippen LogP contribution in [0.3, 0.4) is 0 Å². The summed E-state index contributed by atoms with van der Waals surface area (Å²) in [7, 11) is 1.58. The van der Waals surface area contributed by atoms with Gasteiger partial charge in [0.05, 0.1) is 13.7 Å². The van der Waals surface area contributed by atoms with E-state index >= 15 is 0 Å². The fourth-order valence-corrected chi connectivity index (χ4v) is 3.87. The second-order valence-corrected chi connectivity index (χ2v) is 8.24. The molecule has 1 heterocycles. The summed E-state index contributed by atoms with van der Waals surface area (Å²) >= 11 is 0. The van der Waals surface area contributed by atoms with Gasteiger partial charge in [-0.25, -0.2) is 0 Å². The van der Waals surface area contributed by atoms with Crippen LogP contribution in [-0.4, -0.2) is 55.4 Å². The fraction of sp³-hybridized carbons (Fsp3) is 0.296. The average molecular weight is 463 g/mol. The van der Waals surface area contributed by atoms with Crippen molar-refractivity contribution < 1.29 is 24.1 Å². The minimum atomic E-state index is -0.833.